The number of hydrogen-bond donors (Lipinski definition) is 3. The van der Waals surface area contributed by atoms with Gasteiger partial charge >= 0.3 is 6.03 Å². The number of carbonyl (C=O) groups excluding carboxylic acids is 1. The molecular formula is C17H23ClN3O2S+. The van der Waals surface area contributed by atoms with Crippen LogP contribution in [0.2, 0.25) is 5.02 Å². The summed E-state index contributed by atoms with van der Waals surface area (Å²) in [6.07, 6.45) is 0. The van der Waals surface area contributed by atoms with E-state index in [4.69, 9.17) is 16.0 Å². The number of benzene rings is 1. The van der Waals surface area contributed by atoms with Gasteiger partial charge in [-0.2, -0.15) is 11.8 Å². The second-order valence-electron chi connectivity index (χ2n) is 5.69. The molecule has 2 rings (SSSR count). The average molecular weight is 369 g/mol. The van der Waals surface area contributed by atoms with E-state index in [0.29, 0.717) is 11.6 Å². The molecule has 0 bridgehead atoms. The highest BCUT2D eigenvalue weighted by atomic mass is 35.5. The SMILES string of the molecule is C[NH+](C)Cc1ccc(CSCCNC(=O)Nc2ccc(Cl)cc2)o1. The largest absolute Gasteiger partial charge is 0.459 e. The van der Waals surface area contributed by atoms with Gasteiger partial charge < -0.3 is 20.0 Å². The number of carbonyl (C=O) groups is 1. The van der Waals surface area contributed by atoms with Crippen LogP contribution in [0.15, 0.2) is 40.8 Å². The van der Waals surface area contributed by atoms with E-state index in [1.807, 2.05) is 12.1 Å². The minimum atomic E-state index is -0.216. The zero-order valence-corrected chi connectivity index (χ0v) is 15.5. The predicted molar refractivity (Wildman–Crippen MR) is 99.9 cm³/mol. The first-order chi connectivity index (χ1) is 11.5. The van der Waals surface area contributed by atoms with Gasteiger partial charge in [0.05, 0.1) is 19.8 Å². The monoisotopic (exact) mass is 368 g/mol. The molecule has 0 radical (unpaired) electrons. The molecule has 2 aromatic rings. The van der Waals surface area contributed by atoms with E-state index in [9.17, 15) is 4.79 Å². The summed E-state index contributed by atoms with van der Waals surface area (Å²) in [6.45, 7) is 1.48. The molecular weight excluding hydrogens is 346 g/mol. The van der Waals surface area contributed by atoms with E-state index >= 15 is 0 Å². The second kappa shape index (κ2) is 9.61. The molecule has 0 saturated heterocycles. The van der Waals surface area contributed by atoms with Crippen LogP contribution in [0, 0.1) is 0 Å². The van der Waals surface area contributed by atoms with Gasteiger partial charge in [0.25, 0.3) is 0 Å². The summed E-state index contributed by atoms with van der Waals surface area (Å²) in [6, 6.07) is 10.8. The van der Waals surface area contributed by atoms with Crippen LogP contribution in [-0.2, 0) is 12.3 Å². The molecule has 2 amide bonds. The Morgan fingerprint density at radius 1 is 1.17 bits per heavy atom. The number of thioether (sulfide) groups is 1. The maximum absolute atomic E-state index is 11.8. The molecule has 5 nitrogen and oxygen atoms in total. The third kappa shape index (κ3) is 6.86. The molecule has 1 aromatic carbocycles. The van der Waals surface area contributed by atoms with Crippen molar-refractivity contribution in [2.24, 2.45) is 0 Å². The van der Waals surface area contributed by atoms with Gasteiger partial charge in [0.2, 0.25) is 0 Å². The fourth-order valence-electron chi connectivity index (χ4n) is 2.06. The molecule has 24 heavy (non-hydrogen) atoms. The molecule has 0 aliphatic heterocycles. The standard InChI is InChI=1S/C17H22ClN3O2S/c1-21(2)11-15-7-8-16(23-15)12-24-10-9-19-17(22)20-14-5-3-13(18)4-6-14/h3-8H,9-12H2,1-2H3,(H2,19,20,22)/p+1. The van der Waals surface area contributed by atoms with Crippen LogP contribution in [-0.4, -0.2) is 32.4 Å². The molecule has 1 aromatic heterocycles. The molecule has 1 heterocycles. The highest BCUT2D eigenvalue weighted by Crippen LogP contribution is 2.15. The fraction of sp³-hybridized carbons (Fsp3) is 0.353. The number of quaternary nitrogens is 1. The number of nitrogens with one attached hydrogen (secondary N) is 3. The number of anilines is 1. The molecule has 0 spiro atoms. The summed E-state index contributed by atoms with van der Waals surface area (Å²) in [7, 11) is 4.19. The van der Waals surface area contributed by atoms with Gasteiger partial charge in [-0.05, 0) is 36.4 Å². The third-order valence-electron chi connectivity index (χ3n) is 3.12. The highest BCUT2D eigenvalue weighted by Gasteiger charge is 2.06. The van der Waals surface area contributed by atoms with Crippen LogP contribution < -0.4 is 15.5 Å². The van der Waals surface area contributed by atoms with Crippen molar-refractivity contribution < 1.29 is 14.1 Å². The predicted octanol–water partition coefficient (Wildman–Crippen LogP) is 2.63. The Morgan fingerprint density at radius 3 is 2.58 bits per heavy atom. The summed E-state index contributed by atoms with van der Waals surface area (Å²) in [5, 5.41) is 6.23. The zero-order chi connectivity index (χ0) is 17.4. The van der Waals surface area contributed by atoms with Gasteiger partial charge in [-0.3, -0.25) is 0 Å². The Labute approximate surface area is 151 Å². The lowest BCUT2D eigenvalue weighted by molar-refractivity contribution is -0.873. The van der Waals surface area contributed by atoms with Crippen LogP contribution in [0.3, 0.4) is 0 Å². The van der Waals surface area contributed by atoms with Gasteiger partial charge in [-0.25, -0.2) is 4.79 Å². The fourth-order valence-corrected chi connectivity index (χ4v) is 2.93. The van der Waals surface area contributed by atoms with Crippen molar-refractivity contribution >= 4 is 35.1 Å². The van der Waals surface area contributed by atoms with Crippen LogP contribution in [0.5, 0.6) is 0 Å². The number of hydrogen-bond acceptors (Lipinski definition) is 3. The Morgan fingerprint density at radius 2 is 1.88 bits per heavy atom. The van der Waals surface area contributed by atoms with E-state index < -0.39 is 0 Å². The van der Waals surface area contributed by atoms with Crippen LogP contribution >= 0.6 is 23.4 Å². The summed E-state index contributed by atoms with van der Waals surface area (Å²) in [5.41, 5.74) is 0.718. The minimum Gasteiger partial charge on any atom is -0.459 e. The van der Waals surface area contributed by atoms with Gasteiger partial charge in [0.15, 0.2) is 5.76 Å². The maximum Gasteiger partial charge on any atom is 0.319 e. The topological polar surface area (TPSA) is 58.7 Å². The molecule has 0 aliphatic rings. The van der Waals surface area contributed by atoms with Crippen molar-refractivity contribution in [3.8, 4) is 0 Å². The van der Waals surface area contributed by atoms with Crippen molar-refractivity contribution in [2.45, 2.75) is 12.3 Å². The molecule has 0 atom stereocenters. The van der Waals surface area contributed by atoms with E-state index in [2.05, 4.69) is 24.7 Å². The van der Waals surface area contributed by atoms with Crippen LogP contribution in [0.25, 0.3) is 0 Å². The Hall–Kier alpha value is -1.63. The smallest absolute Gasteiger partial charge is 0.319 e. The molecule has 0 unspecified atom stereocenters. The molecule has 0 saturated carbocycles. The normalized spacial score (nSPS) is 10.8. The number of halogens is 1. The first kappa shape index (κ1) is 18.7. The van der Waals surface area contributed by atoms with Gasteiger partial charge in [0, 0.05) is 23.0 Å². The quantitative estimate of drug-likeness (QED) is 0.628. The van der Waals surface area contributed by atoms with E-state index in [0.717, 1.165) is 35.3 Å². The lowest BCUT2D eigenvalue weighted by atomic mass is 10.3. The van der Waals surface area contributed by atoms with Crippen molar-refractivity contribution in [1.82, 2.24) is 5.32 Å². The van der Waals surface area contributed by atoms with Crippen molar-refractivity contribution in [3.63, 3.8) is 0 Å². The van der Waals surface area contributed by atoms with Crippen molar-refractivity contribution in [3.05, 3.63) is 52.9 Å². The van der Waals surface area contributed by atoms with Gasteiger partial charge in [-0.15, -0.1) is 0 Å². The lowest BCUT2D eigenvalue weighted by Gasteiger charge is -2.07. The third-order valence-corrected chi connectivity index (χ3v) is 4.36. The number of rotatable bonds is 8. The van der Waals surface area contributed by atoms with Crippen LogP contribution in [0.4, 0.5) is 10.5 Å². The molecule has 130 valence electrons. The second-order valence-corrected chi connectivity index (χ2v) is 7.23. The maximum atomic E-state index is 11.8. The van der Waals surface area contributed by atoms with Gasteiger partial charge in [-0.1, -0.05) is 11.6 Å². The van der Waals surface area contributed by atoms with Crippen molar-refractivity contribution in [1.29, 1.82) is 0 Å². The minimum absolute atomic E-state index is 0.216. The van der Waals surface area contributed by atoms with Gasteiger partial charge in [0.1, 0.15) is 12.3 Å². The number of urea groups is 1. The van der Waals surface area contributed by atoms with Crippen LogP contribution in [0.1, 0.15) is 11.5 Å². The molecule has 3 N–H and O–H groups in total. The zero-order valence-electron chi connectivity index (χ0n) is 13.9. The van der Waals surface area contributed by atoms with E-state index in [1.165, 1.54) is 4.90 Å². The average Bonchev–Trinajstić information content (AvgIpc) is 2.96. The Kier molecular flexibility index (Phi) is 7.49. The molecule has 7 heteroatoms. The summed E-state index contributed by atoms with van der Waals surface area (Å²) in [4.78, 5) is 13.1. The Bertz CT molecular complexity index is 644. The first-order valence-electron chi connectivity index (χ1n) is 7.77. The molecule has 0 fully saturated rings. The van der Waals surface area contributed by atoms with Crippen molar-refractivity contribution in [2.75, 3.05) is 31.7 Å². The lowest BCUT2D eigenvalue weighted by Crippen LogP contribution is -3.04. The number of furan rings is 1. The summed E-state index contributed by atoms with van der Waals surface area (Å²) in [5.74, 6) is 3.61. The summed E-state index contributed by atoms with van der Waals surface area (Å²) < 4.78 is 5.76. The Balaban J connectivity index is 1.60. The number of amides is 2. The first-order valence-corrected chi connectivity index (χ1v) is 9.31. The summed E-state index contributed by atoms with van der Waals surface area (Å²) >= 11 is 7.53. The van der Waals surface area contributed by atoms with E-state index in [-0.39, 0.29) is 6.03 Å². The highest BCUT2D eigenvalue weighted by molar-refractivity contribution is 7.98. The van der Waals surface area contributed by atoms with E-state index in [1.54, 1.807) is 36.0 Å². The molecule has 0 aliphatic carbocycles.